The van der Waals surface area contributed by atoms with Gasteiger partial charge in [-0.1, -0.05) is 0 Å². The zero-order valence-electron chi connectivity index (χ0n) is 17.9. The predicted molar refractivity (Wildman–Crippen MR) is 117 cm³/mol. The monoisotopic (exact) mass is 440 g/mol. The molecule has 2 N–H and O–H groups in total. The number of morpholine rings is 2. The van der Waals surface area contributed by atoms with E-state index in [4.69, 9.17) is 9.47 Å². The van der Waals surface area contributed by atoms with Gasteiger partial charge in [0.05, 0.1) is 31.2 Å². The maximum Gasteiger partial charge on any atom is 0.319 e. The van der Waals surface area contributed by atoms with E-state index in [0.717, 1.165) is 24.3 Å². The summed E-state index contributed by atoms with van der Waals surface area (Å²) in [6, 6.07) is 5.45. The first kappa shape index (κ1) is 22.8. The summed E-state index contributed by atoms with van der Waals surface area (Å²) in [6.07, 6.45) is -0.272. The second-order valence-electron chi connectivity index (χ2n) is 7.87. The minimum absolute atomic E-state index is 0.0409. The normalized spacial score (nSPS) is 23.2. The lowest BCUT2D eigenvalue weighted by Crippen LogP contribution is -2.49. The molecule has 2 aliphatic heterocycles. The van der Waals surface area contributed by atoms with E-state index in [1.165, 1.54) is 4.31 Å². The molecule has 0 bridgehead atoms. The van der Waals surface area contributed by atoms with Crippen molar-refractivity contribution in [2.45, 2.75) is 33.0 Å². The lowest BCUT2D eigenvalue weighted by molar-refractivity contribution is -0.0440. The van der Waals surface area contributed by atoms with Crippen LogP contribution >= 0.6 is 0 Å². The van der Waals surface area contributed by atoms with Crippen molar-refractivity contribution in [3.63, 3.8) is 0 Å². The number of urea groups is 1. The van der Waals surface area contributed by atoms with Crippen molar-refractivity contribution in [2.75, 3.05) is 61.9 Å². The van der Waals surface area contributed by atoms with E-state index in [2.05, 4.69) is 15.5 Å². The summed E-state index contributed by atoms with van der Waals surface area (Å²) in [7, 11) is -3.45. The fourth-order valence-corrected chi connectivity index (χ4v) is 5.25. The van der Waals surface area contributed by atoms with Crippen molar-refractivity contribution in [3.8, 4) is 0 Å². The zero-order valence-corrected chi connectivity index (χ0v) is 18.7. The van der Waals surface area contributed by atoms with Crippen LogP contribution in [0.2, 0.25) is 0 Å². The maximum atomic E-state index is 12.5. The first-order chi connectivity index (χ1) is 14.2. The number of carbonyl (C=O) groups excluding carboxylic acids is 1. The number of hydrogen-bond donors (Lipinski definition) is 2. The summed E-state index contributed by atoms with van der Waals surface area (Å²) < 4.78 is 37.5. The summed E-state index contributed by atoms with van der Waals surface area (Å²) in [6.45, 7) is 9.50. The highest BCUT2D eigenvalue weighted by Crippen LogP contribution is 2.23. The largest absolute Gasteiger partial charge is 0.378 e. The van der Waals surface area contributed by atoms with Crippen LogP contribution < -0.4 is 15.5 Å². The van der Waals surface area contributed by atoms with E-state index in [-0.39, 0.29) is 24.5 Å². The zero-order chi connectivity index (χ0) is 21.7. The Morgan fingerprint density at radius 2 is 1.83 bits per heavy atom. The third-order valence-corrected chi connectivity index (χ3v) is 7.06. The van der Waals surface area contributed by atoms with Crippen LogP contribution in [0.25, 0.3) is 0 Å². The molecule has 1 aromatic rings. The number of carbonyl (C=O) groups is 1. The van der Waals surface area contributed by atoms with Crippen molar-refractivity contribution in [1.82, 2.24) is 9.62 Å². The molecule has 2 saturated heterocycles. The van der Waals surface area contributed by atoms with Crippen molar-refractivity contribution in [3.05, 3.63) is 23.8 Å². The summed E-state index contributed by atoms with van der Waals surface area (Å²) in [4.78, 5) is 14.5. The van der Waals surface area contributed by atoms with Gasteiger partial charge in [-0.05, 0) is 44.5 Å². The van der Waals surface area contributed by atoms with Crippen LogP contribution in [-0.2, 0) is 19.5 Å². The lowest BCUT2D eigenvalue weighted by atomic mass is 10.1. The Morgan fingerprint density at radius 1 is 1.17 bits per heavy atom. The van der Waals surface area contributed by atoms with Gasteiger partial charge in [0.1, 0.15) is 0 Å². The molecule has 0 aliphatic carbocycles. The Morgan fingerprint density at radius 3 is 2.47 bits per heavy atom. The van der Waals surface area contributed by atoms with E-state index in [0.29, 0.717) is 32.0 Å². The molecule has 0 aromatic heterocycles. The van der Waals surface area contributed by atoms with Crippen molar-refractivity contribution in [2.24, 2.45) is 0 Å². The van der Waals surface area contributed by atoms with Gasteiger partial charge >= 0.3 is 6.03 Å². The maximum absolute atomic E-state index is 12.5. The van der Waals surface area contributed by atoms with Gasteiger partial charge in [0, 0.05) is 44.1 Å². The fraction of sp³-hybridized carbons (Fsp3) is 0.650. The highest BCUT2D eigenvalue weighted by molar-refractivity contribution is 7.89. The van der Waals surface area contributed by atoms with E-state index >= 15 is 0 Å². The summed E-state index contributed by atoms with van der Waals surface area (Å²) in [5.41, 5.74) is 2.74. The number of nitrogens with one attached hydrogen (secondary N) is 2. The fourth-order valence-electron chi connectivity index (χ4n) is 3.75. The number of nitrogens with zero attached hydrogens (tertiary/aromatic N) is 2. The molecule has 2 aliphatic rings. The van der Waals surface area contributed by atoms with Gasteiger partial charge in [0.15, 0.2) is 0 Å². The Bertz CT molecular complexity index is 832. The third-order valence-electron chi connectivity index (χ3n) is 5.26. The summed E-state index contributed by atoms with van der Waals surface area (Å²) >= 11 is 0. The molecule has 1 aromatic carbocycles. The number of aryl methyl sites for hydroxylation is 1. The minimum atomic E-state index is -3.45. The van der Waals surface area contributed by atoms with Gasteiger partial charge in [-0.15, -0.1) is 0 Å². The number of anilines is 2. The van der Waals surface area contributed by atoms with Crippen LogP contribution in [0.3, 0.4) is 0 Å². The molecular formula is C20H32N4O5S. The van der Waals surface area contributed by atoms with Crippen molar-refractivity contribution < 1.29 is 22.7 Å². The molecule has 9 nitrogen and oxygen atoms in total. The van der Waals surface area contributed by atoms with Crippen molar-refractivity contribution >= 4 is 27.4 Å². The van der Waals surface area contributed by atoms with Crippen LogP contribution in [0.1, 0.15) is 19.4 Å². The molecule has 2 unspecified atom stereocenters. The first-order valence-electron chi connectivity index (χ1n) is 10.4. The Hall–Kier alpha value is -1.88. The molecule has 2 heterocycles. The lowest BCUT2D eigenvalue weighted by Gasteiger charge is -2.34. The number of sulfonamides is 1. The average Bonchev–Trinajstić information content (AvgIpc) is 2.69. The number of ether oxygens (including phenoxy) is 2. The molecule has 2 atom stereocenters. The second-order valence-corrected chi connectivity index (χ2v) is 9.96. The Balaban J connectivity index is 1.48. The van der Waals surface area contributed by atoms with Gasteiger partial charge in [0.2, 0.25) is 10.0 Å². The molecular weight excluding hydrogens is 408 g/mol. The molecule has 0 saturated carbocycles. The highest BCUT2D eigenvalue weighted by Gasteiger charge is 2.30. The number of rotatable bonds is 6. The smallest absolute Gasteiger partial charge is 0.319 e. The number of hydrogen-bond acceptors (Lipinski definition) is 6. The highest BCUT2D eigenvalue weighted by atomic mass is 32.2. The summed E-state index contributed by atoms with van der Waals surface area (Å²) in [5.74, 6) is -0.144. The van der Waals surface area contributed by atoms with E-state index in [1.807, 2.05) is 39.0 Å². The number of amides is 2. The molecule has 2 fully saturated rings. The first-order valence-corrected chi connectivity index (χ1v) is 12.0. The molecule has 168 valence electrons. The van der Waals surface area contributed by atoms with Crippen LogP contribution in [0.15, 0.2) is 18.2 Å². The quantitative estimate of drug-likeness (QED) is 0.694. The molecule has 0 spiro atoms. The van der Waals surface area contributed by atoms with Crippen LogP contribution in [0, 0.1) is 6.92 Å². The van der Waals surface area contributed by atoms with Gasteiger partial charge < -0.3 is 25.0 Å². The molecule has 0 radical (unpaired) electrons. The number of benzene rings is 1. The van der Waals surface area contributed by atoms with E-state index in [1.54, 1.807) is 0 Å². The van der Waals surface area contributed by atoms with Gasteiger partial charge in [0.25, 0.3) is 0 Å². The average molecular weight is 441 g/mol. The SMILES string of the molecule is Cc1cc(N2CCOCC2)ccc1NC(=O)NCCS(=O)(=O)N1CC(C)OC(C)C1. The van der Waals surface area contributed by atoms with Gasteiger partial charge in [-0.2, -0.15) is 4.31 Å². The Labute approximate surface area is 178 Å². The van der Waals surface area contributed by atoms with Crippen molar-refractivity contribution in [1.29, 1.82) is 0 Å². The topological polar surface area (TPSA) is 100 Å². The standard InChI is InChI=1S/C20H32N4O5S/c1-15-12-18(23-7-9-28-10-8-23)4-5-19(15)22-20(25)21-6-11-30(26,27)24-13-16(2)29-17(3)14-24/h4-5,12,16-17H,6-11,13-14H2,1-3H3,(H2,21,22,25). The van der Waals surface area contributed by atoms with Gasteiger partial charge in [-0.3, -0.25) is 0 Å². The predicted octanol–water partition coefficient (Wildman–Crippen LogP) is 1.39. The molecule has 30 heavy (non-hydrogen) atoms. The summed E-state index contributed by atoms with van der Waals surface area (Å²) in [5, 5.41) is 5.44. The second kappa shape index (κ2) is 9.95. The van der Waals surface area contributed by atoms with Gasteiger partial charge in [-0.25, -0.2) is 13.2 Å². The molecule has 3 rings (SSSR count). The third kappa shape index (κ3) is 6.07. The molecule has 10 heteroatoms. The van der Waals surface area contributed by atoms with E-state index < -0.39 is 16.1 Å². The van der Waals surface area contributed by atoms with E-state index in [9.17, 15) is 13.2 Å². The minimum Gasteiger partial charge on any atom is -0.378 e. The Kier molecular flexibility index (Phi) is 7.56. The molecule has 2 amide bonds. The van der Waals surface area contributed by atoms with Crippen LogP contribution in [0.5, 0.6) is 0 Å². The van der Waals surface area contributed by atoms with Crippen LogP contribution in [-0.4, -0.2) is 82.7 Å². The van der Waals surface area contributed by atoms with Crippen LogP contribution in [0.4, 0.5) is 16.2 Å².